The lowest BCUT2D eigenvalue weighted by Gasteiger charge is -2.24. The first-order chi connectivity index (χ1) is 5.68. The first kappa shape index (κ1) is 8.09. The quantitative estimate of drug-likeness (QED) is 0.686. The highest BCUT2D eigenvalue weighted by atomic mass is 16.4. The topological polar surface area (TPSA) is 37.3 Å². The molecule has 4 atom stereocenters. The monoisotopic (exact) mass is 168 g/mol. The lowest BCUT2D eigenvalue weighted by atomic mass is 9.80. The molecule has 0 aromatic rings. The van der Waals surface area contributed by atoms with Crippen molar-refractivity contribution in [3.63, 3.8) is 0 Å². The highest BCUT2D eigenvalue weighted by Gasteiger charge is 2.43. The van der Waals surface area contributed by atoms with Crippen LogP contribution in [0.2, 0.25) is 0 Å². The van der Waals surface area contributed by atoms with Gasteiger partial charge in [0.15, 0.2) is 0 Å². The predicted molar refractivity (Wildman–Crippen MR) is 45.7 cm³/mol. The van der Waals surface area contributed by atoms with Crippen LogP contribution >= 0.6 is 0 Å². The highest BCUT2D eigenvalue weighted by molar-refractivity contribution is 5.70. The Kier molecular flexibility index (Phi) is 1.85. The van der Waals surface area contributed by atoms with Crippen molar-refractivity contribution in [3.8, 4) is 0 Å². The maximum atomic E-state index is 10.8. The molecule has 0 aliphatic heterocycles. The lowest BCUT2D eigenvalue weighted by molar-refractivity contribution is -0.143. The smallest absolute Gasteiger partial charge is 0.306 e. The standard InChI is InChI=1S/C10H16O2/c1-6(10(11)12)9-5-7-2-3-8(9)4-7/h6-9H,2-5H2,1H3,(H,11,12). The van der Waals surface area contributed by atoms with Crippen LogP contribution in [0.4, 0.5) is 0 Å². The molecule has 0 amide bonds. The molecule has 2 bridgehead atoms. The summed E-state index contributed by atoms with van der Waals surface area (Å²) in [6.45, 7) is 1.87. The van der Waals surface area contributed by atoms with E-state index in [0.717, 1.165) is 11.8 Å². The zero-order valence-electron chi connectivity index (χ0n) is 7.49. The van der Waals surface area contributed by atoms with Crippen molar-refractivity contribution in [2.45, 2.75) is 32.6 Å². The van der Waals surface area contributed by atoms with Gasteiger partial charge in [-0.1, -0.05) is 13.3 Å². The van der Waals surface area contributed by atoms with Gasteiger partial charge in [0, 0.05) is 0 Å². The SMILES string of the molecule is CC(C(=O)O)C1CC2CCC1C2. The normalized spacial score (nSPS) is 41.6. The van der Waals surface area contributed by atoms with Crippen LogP contribution in [0.15, 0.2) is 0 Å². The Bertz CT molecular complexity index is 200. The minimum absolute atomic E-state index is 0.111. The number of carboxylic acid groups (broad SMARTS) is 1. The van der Waals surface area contributed by atoms with E-state index in [2.05, 4.69) is 0 Å². The van der Waals surface area contributed by atoms with Gasteiger partial charge in [0.05, 0.1) is 5.92 Å². The molecule has 0 aromatic carbocycles. The summed E-state index contributed by atoms with van der Waals surface area (Å²) < 4.78 is 0. The predicted octanol–water partition coefficient (Wildman–Crippen LogP) is 2.14. The first-order valence-corrected chi connectivity index (χ1v) is 4.91. The van der Waals surface area contributed by atoms with Gasteiger partial charge in [-0.15, -0.1) is 0 Å². The Balaban J connectivity index is 2.02. The number of hydrogen-bond donors (Lipinski definition) is 1. The van der Waals surface area contributed by atoms with Gasteiger partial charge >= 0.3 is 5.97 Å². The maximum absolute atomic E-state index is 10.8. The van der Waals surface area contributed by atoms with Gasteiger partial charge in [0.1, 0.15) is 0 Å². The average Bonchev–Trinajstić information content (AvgIpc) is 2.62. The molecule has 0 saturated heterocycles. The molecule has 2 fully saturated rings. The van der Waals surface area contributed by atoms with Crippen molar-refractivity contribution in [1.82, 2.24) is 0 Å². The van der Waals surface area contributed by atoms with Crippen LogP contribution in [0.1, 0.15) is 32.6 Å². The van der Waals surface area contributed by atoms with Gasteiger partial charge in [-0.2, -0.15) is 0 Å². The van der Waals surface area contributed by atoms with Gasteiger partial charge in [-0.05, 0) is 37.0 Å². The largest absolute Gasteiger partial charge is 0.481 e. The summed E-state index contributed by atoms with van der Waals surface area (Å²) in [4.78, 5) is 10.8. The second kappa shape index (κ2) is 2.75. The van der Waals surface area contributed by atoms with Crippen molar-refractivity contribution in [3.05, 3.63) is 0 Å². The summed E-state index contributed by atoms with van der Waals surface area (Å²) in [5, 5.41) is 8.87. The van der Waals surface area contributed by atoms with Crippen LogP contribution in [0.25, 0.3) is 0 Å². The van der Waals surface area contributed by atoms with E-state index in [0.29, 0.717) is 5.92 Å². The molecule has 68 valence electrons. The summed E-state index contributed by atoms with van der Waals surface area (Å²) in [5.74, 6) is 1.37. The molecule has 0 radical (unpaired) electrons. The van der Waals surface area contributed by atoms with Crippen LogP contribution in [0.5, 0.6) is 0 Å². The van der Waals surface area contributed by atoms with E-state index < -0.39 is 5.97 Å². The number of fused-ring (bicyclic) bond motifs is 2. The molecule has 4 unspecified atom stereocenters. The van der Waals surface area contributed by atoms with Crippen molar-refractivity contribution in [2.75, 3.05) is 0 Å². The van der Waals surface area contributed by atoms with E-state index >= 15 is 0 Å². The van der Waals surface area contributed by atoms with Crippen LogP contribution in [-0.2, 0) is 4.79 Å². The Morgan fingerprint density at radius 1 is 1.42 bits per heavy atom. The molecular weight excluding hydrogens is 152 g/mol. The first-order valence-electron chi connectivity index (χ1n) is 4.91. The number of aliphatic carboxylic acids is 1. The van der Waals surface area contributed by atoms with Gasteiger partial charge in [-0.3, -0.25) is 4.79 Å². The van der Waals surface area contributed by atoms with Crippen LogP contribution < -0.4 is 0 Å². The second-order valence-electron chi connectivity index (χ2n) is 4.47. The number of hydrogen-bond acceptors (Lipinski definition) is 1. The summed E-state index contributed by atoms with van der Waals surface area (Å²) >= 11 is 0. The summed E-state index contributed by atoms with van der Waals surface area (Å²) in [5.41, 5.74) is 0. The minimum Gasteiger partial charge on any atom is -0.481 e. The average molecular weight is 168 g/mol. The van der Waals surface area contributed by atoms with Gasteiger partial charge < -0.3 is 5.11 Å². The maximum Gasteiger partial charge on any atom is 0.306 e. The molecule has 2 aliphatic carbocycles. The zero-order valence-corrected chi connectivity index (χ0v) is 7.49. The third-order valence-corrected chi connectivity index (χ3v) is 3.82. The van der Waals surface area contributed by atoms with Gasteiger partial charge in [-0.25, -0.2) is 0 Å². The van der Waals surface area contributed by atoms with Gasteiger partial charge in [0.25, 0.3) is 0 Å². The van der Waals surface area contributed by atoms with Crippen molar-refractivity contribution >= 4 is 5.97 Å². The summed E-state index contributed by atoms with van der Waals surface area (Å²) in [6, 6.07) is 0. The van der Waals surface area contributed by atoms with Crippen molar-refractivity contribution in [1.29, 1.82) is 0 Å². The number of rotatable bonds is 2. The third kappa shape index (κ3) is 1.13. The van der Waals surface area contributed by atoms with E-state index in [1.165, 1.54) is 25.7 Å². The van der Waals surface area contributed by atoms with Crippen LogP contribution in [0, 0.1) is 23.7 Å². The fourth-order valence-electron chi connectivity index (χ4n) is 3.09. The molecule has 0 heterocycles. The number of carbonyl (C=O) groups is 1. The van der Waals surface area contributed by atoms with Gasteiger partial charge in [0.2, 0.25) is 0 Å². The molecule has 0 aromatic heterocycles. The fourth-order valence-corrected chi connectivity index (χ4v) is 3.09. The molecule has 1 N–H and O–H groups in total. The summed E-state index contributed by atoms with van der Waals surface area (Å²) in [7, 11) is 0. The Hall–Kier alpha value is -0.530. The van der Waals surface area contributed by atoms with E-state index in [9.17, 15) is 4.79 Å². The summed E-state index contributed by atoms with van der Waals surface area (Å²) in [6.07, 6.45) is 5.13. The van der Waals surface area contributed by atoms with E-state index in [1.807, 2.05) is 6.92 Å². The third-order valence-electron chi connectivity index (χ3n) is 3.82. The molecule has 2 saturated carbocycles. The van der Waals surface area contributed by atoms with E-state index in [-0.39, 0.29) is 5.92 Å². The molecule has 0 spiro atoms. The molecular formula is C10H16O2. The molecule has 2 heteroatoms. The van der Waals surface area contributed by atoms with Crippen molar-refractivity contribution < 1.29 is 9.90 Å². The Morgan fingerprint density at radius 2 is 2.17 bits per heavy atom. The van der Waals surface area contributed by atoms with E-state index in [4.69, 9.17) is 5.11 Å². The zero-order chi connectivity index (χ0) is 8.72. The Labute approximate surface area is 73.0 Å². The molecule has 12 heavy (non-hydrogen) atoms. The fraction of sp³-hybridized carbons (Fsp3) is 0.900. The van der Waals surface area contributed by atoms with Crippen molar-refractivity contribution in [2.24, 2.45) is 23.7 Å². The lowest BCUT2D eigenvalue weighted by Crippen LogP contribution is -2.25. The van der Waals surface area contributed by atoms with Crippen LogP contribution in [-0.4, -0.2) is 11.1 Å². The highest BCUT2D eigenvalue weighted by Crippen LogP contribution is 2.50. The molecule has 2 nitrogen and oxygen atoms in total. The minimum atomic E-state index is -0.604. The van der Waals surface area contributed by atoms with Crippen LogP contribution in [0.3, 0.4) is 0 Å². The number of carboxylic acids is 1. The second-order valence-corrected chi connectivity index (χ2v) is 4.47. The molecule has 2 rings (SSSR count). The Morgan fingerprint density at radius 3 is 2.58 bits per heavy atom. The van der Waals surface area contributed by atoms with E-state index in [1.54, 1.807) is 0 Å². The molecule has 2 aliphatic rings.